The number of halogens is 1. The van der Waals surface area contributed by atoms with Gasteiger partial charge in [0.2, 0.25) is 5.95 Å². The van der Waals surface area contributed by atoms with Gasteiger partial charge in [-0.1, -0.05) is 0 Å². The minimum atomic E-state index is -0.613. The average molecular weight is 268 g/mol. The number of hydrogen-bond donors (Lipinski definition) is 1. The first-order valence-electron chi connectivity index (χ1n) is 5.82. The highest BCUT2D eigenvalue weighted by atomic mass is 19.1. The number of nitrogens with zero attached hydrogens (tertiary/aromatic N) is 3. The Morgan fingerprint density at radius 3 is 2.85 bits per heavy atom. The van der Waals surface area contributed by atoms with Crippen molar-refractivity contribution >= 4 is 16.8 Å². The predicted molar refractivity (Wildman–Crippen MR) is 71.5 cm³/mol. The molecule has 0 aliphatic rings. The van der Waals surface area contributed by atoms with Gasteiger partial charge in [-0.15, -0.1) is 0 Å². The molecule has 0 spiro atoms. The van der Waals surface area contributed by atoms with Crippen molar-refractivity contribution in [2.45, 2.75) is 0 Å². The zero-order valence-corrected chi connectivity index (χ0v) is 10.5. The van der Waals surface area contributed by atoms with Crippen LogP contribution in [-0.4, -0.2) is 22.0 Å². The average Bonchev–Trinajstić information content (AvgIpc) is 2.87. The summed E-state index contributed by atoms with van der Waals surface area (Å²) in [6.07, 6.45) is 2.98. The second kappa shape index (κ2) is 4.97. The van der Waals surface area contributed by atoms with E-state index >= 15 is 0 Å². The summed E-state index contributed by atoms with van der Waals surface area (Å²) in [6.45, 7) is 0. The topological polar surface area (TPSA) is 63.8 Å². The Labute approximate surface area is 113 Å². The summed E-state index contributed by atoms with van der Waals surface area (Å²) in [5.74, 6) is 5.16. The van der Waals surface area contributed by atoms with Crippen LogP contribution in [0.25, 0.3) is 11.1 Å². The molecule has 0 aliphatic carbocycles. The van der Waals surface area contributed by atoms with Gasteiger partial charge in [-0.2, -0.15) is 4.39 Å². The quantitative estimate of drug-likeness (QED) is 0.541. The zero-order chi connectivity index (χ0) is 13.9. The van der Waals surface area contributed by atoms with Crippen LogP contribution in [0, 0.1) is 17.8 Å². The molecule has 3 heterocycles. The fourth-order valence-corrected chi connectivity index (χ4v) is 1.59. The minimum Gasteiger partial charge on any atom is -0.430 e. The molecule has 6 heteroatoms. The SMILES string of the molecule is CNc1ccc(C#Cc2nc3cnc(F)cc3o2)nc1. The van der Waals surface area contributed by atoms with Crippen LogP contribution in [-0.2, 0) is 0 Å². The van der Waals surface area contributed by atoms with Gasteiger partial charge >= 0.3 is 0 Å². The molecule has 0 saturated heterocycles. The normalized spacial score (nSPS) is 10.1. The molecule has 0 aliphatic heterocycles. The summed E-state index contributed by atoms with van der Waals surface area (Å²) in [5.41, 5.74) is 2.28. The van der Waals surface area contributed by atoms with E-state index in [4.69, 9.17) is 4.42 Å². The van der Waals surface area contributed by atoms with Crippen LogP contribution in [0.15, 0.2) is 35.0 Å². The van der Waals surface area contributed by atoms with Crippen LogP contribution in [0.2, 0.25) is 0 Å². The Balaban J connectivity index is 1.90. The van der Waals surface area contributed by atoms with Gasteiger partial charge in [-0.05, 0) is 24.0 Å². The van der Waals surface area contributed by atoms with E-state index in [1.165, 1.54) is 12.3 Å². The van der Waals surface area contributed by atoms with Crippen molar-refractivity contribution in [3.05, 3.63) is 48.1 Å². The molecule has 0 unspecified atom stereocenters. The minimum absolute atomic E-state index is 0.201. The molecule has 0 atom stereocenters. The highest BCUT2D eigenvalue weighted by molar-refractivity contribution is 5.71. The molecule has 98 valence electrons. The van der Waals surface area contributed by atoms with Crippen LogP contribution in [0.4, 0.5) is 10.1 Å². The Bertz CT molecular complexity index is 815. The molecule has 3 aromatic heterocycles. The third-order valence-corrected chi connectivity index (χ3v) is 2.59. The molecule has 0 radical (unpaired) electrons. The number of rotatable bonds is 1. The molecule has 20 heavy (non-hydrogen) atoms. The van der Waals surface area contributed by atoms with E-state index in [2.05, 4.69) is 32.1 Å². The van der Waals surface area contributed by atoms with Crippen molar-refractivity contribution in [1.29, 1.82) is 0 Å². The molecule has 5 nitrogen and oxygen atoms in total. The van der Waals surface area contributed by atoms with Crippen molar-refractivity contribution in [2.75, 3.05) is 12.4 Å². The van der Waals surface area contributed by atoms with Crippen LogP contribution >= 0.6 is 0 Å². The maximum absolute atomic E-state index is 12.9. The Hall–Kier alpha value is -2.94. The molecule has 3 aromatic rings. The smallest absolute Gasteiger partial charge is 0.274 e. The van der Waals surface area contributed by atoms with Gasteiger partial charge < -0.3 is 9.73 Å². The Morgan fingerprint density at radius 2 is 2.10 bits per heavy atom. The fraction of sp³-hybridized carbons (Fsp3) is 0.0714. The van der Waals surface area contributed by atoms with Crippen LogP contribution in [0.1, 0.15) is 11.6 Å². The highest BCUT2D eigenvalue weighted by Gasteiger charge is 2.05. The van der Waals surface area contributed by atoms with Crippen molar-refractivity contribution in [1.82, 2.24) is 15.0 Å². The number of fused-ring (bicyclic) bond motifs is 1. The molecule has 3 rings (SSSR count). The summed E-state index contributed by atoms with van der Waals surface area (Å²) in [7, 11) is 1.81. The van der Waals surface area contributed by atoms with Gasteiger partial charge in [0, 0.05) is 13.1 Å². The monoisotopic (exact) mass is 268 g/mol. The summed E-state index contributed by atoms with van der Waals surface area (Å²) < 4.78 is 18.2. The number of oxazole rings is 1. The second-order valence-corrected chi connectivity index (χ2v) is 3.93. The third-order valence-electron chi connectivity index (χ3n) is 2.59. The molecule has 1 N–H and O–H groups in total. The number of anilines is 1. The van der Waals surface area contributed by atoms with Gasteiger partial charge in [0.05, 0.1) is 18.1 Å². The maximum atomic E-state index is 12.9. The van der Waals surface area contributed by atoms with Gasteiger partial charge in [-0.25, -0.2) is 15.0 Å². The summed E-state index contributed by atoms with van der Waals surface area (Å²) >= 11 is 0. The van der Waals surface area contributed by atoms with Gasteiger partial charge in [0.1, 0.15) is 11.2 Å². The van der Waals surface area contributed by atoms with Crippen molar-refractivity contribution < 1.29 is 8.81 Å². The zero-order valence-electron chi connectivity index (χ0n) is 10.5. The first-order chi connectivity index (χ1) is 9.74. The van der Waals surface area contributed by atoms with Crippen LogP contribution in [0.3, 0.4) is 0 Å². The Kier molecular flexibility index (Phi) is 3.01. The molecule has 0 bridgehead atoms. The van der Waals surface area contributed by atoms with E-state index in [-0.39, 0.29) is 5.89 Å². The summed E-state index contributed by atoms with van der Waals surface area (Å²) in [4.78, 5) is 11.7. The molecular formula is C14H9FN4O. The van der Waals surface area contributed by atoms with Gasteiger partial charge in [-0.3, -0.25) is 0 Å². The molecule has 0 aromatic carbocycles. The van der Waals surface area contributed by atoms with Gasteiger partial charge in [0.25, 0.3) is 5.89 Å². The first-order valence-corrected chi connectivity index (χ1v) is 5.82. The number of hydrogen-bond acceptors (Lipinski definition) is 5. The molecule has 0 fully saturated rings. The van der Waals surface area contributed by atoms with Crippen LogP contribution in [0.5, 0.6) is 0 Å². The first kappa shape index (κ1) is 12.1. The van der Waals surface area contributed by atoms with E-state index < -0.39 is 5.95 Å². The van der Waals surface area contributed by atoms with Crippen LogP contribution < -0.4 is 5.32 Å². The lowest BCUT2D eigenvalue weighted by Crippen LogP contribution is -1.89. The lowest BCUT2D eigenvalue weighted by atomic mass is 10.3. The van der Waals surface area contributed by atoms with E-state index in [1.807, 2.05) is 13.1 Å². The Morgan fingerprint density at radius 1 is 1.20 bits per heavy atom. The third kappa shape index (κ3) is 2.42. The fourth-order valence-electron chi connectivity index (χ4n) is 1.59. The standard InChI is InChI=1S/C14H9FN4O/c1-16-10-3-2-9(17-7-10)4-5-14-19-11-8-18-13(15)6-12(11)20-14/h2-3,6-8,16H,1H3. The molecule has 0 amide bonds. The summed E-state index contributed by atoms with van der Waals surface area (Å²) in [6, 6.07) is 4.82. The number of aromatic nitrogens is 3. The predicted octanol–water partition coefficient (Wildman–Crippen LogP) is 2.20. The largest absolute Gasteiger partial charge is 0.430 e. The summed E-state index contributed by atoms with van der Waals surface area (Å²) in [5, 5.41) is 2.97. The van der Waals surface area contributed by atoms with E-state index in [0.29, 0.717) is 16.8 Å². The van der Waals surface area contributed by atoms with E-state index in [9.17, 15) is 4.39 Å². The second-order valence-electron chi connectivity index (χ2n) is 3.93. The van der Waals surface area contributed by atoms with Crippen molar-refractivity contribution in [3.63, 3.8) is 0 Å². The molecule has 0 saturated carbocycles. The lowest BCUT2D eigenvalue weighted by molar-refractivity contribution is 0.564. The van der Waals surface area contributed by atoms with Crippen molar-refractivity contribution in [2.24, 2.45) is 0 Å². The maximum Gasteiger partial charge on any atom is 0.274 e. The number of nitrogens with one attached hydrogen (secondary N) is 1. The van der Waals surface area contributed by atoms with Gasteiger partial charge in [0.15, 0.2) is 5.58 Å². The lowest BCUT2D eigenvalue weighted by Gasteiger charge is -1.96. The van der Waals surface area contributed by atoms with Crippen molar-refractivity contribution in [3.8, 4) is 11.8 Å². The van der Waals surface area contributed by atoms with E-state index in [0.717, 1.165) is 5.69 Å². The molecular weight excluding hydrogens is 259 g/mol. The van der Waals surface area contributed by atoms with E-state index in [1.54, 1.807) is 12.3 Å². The highest BCUT2D eigenvalue weighted by Crippen LogP contribution is 2.14. The number of pyridine rings is 2.